The molecule has 2 aromatic rings. The van der Waals surface area contributed by atoms with E-state index >= 15 is 0 Å². The van der Waals surface area contributed by atoms with Gasteiger partial charge in [0.1, 0.15) is 11.4 Å². The van der Waals surface area contributed by atoms with Gasteiger partial charge in [-0.3, -0.25) is 0 Å². The summed E-state index contributed by atoms with van der Waals surface area (Å²) in [6.45, 7) is 9.59. The summed E-state index contributed by atoms with van der Waals surface area (Å²) in [7, 11) is 0. The first-order chi connectivity index (χ1) is 11.2. The number of hydrogen-bond donors (Lipinski definition) is 2. The fraction of sp³-hybridized carbons (Fsp3) is 0.444. The van der Waals surface area contributed by atoms with Crippen molar-refractivity contribution in [2.75, 3.05) is 0 Å². The molecule has 0 fully saturated rings. The summed E-state index contributed by atoms with van der Waals surface area (Å²) in [5, 5.41) is 2.90. The van der Waals surface area contributed by atoms with Crippen LogP contribution in [0.3, 0.4) is 0 Å². The molecule has 1 amide bonds. The van der Waals surface area contributed by atoms with Gasteiger partial charge in [-0.15, -0.1) is 0 Å². The Morgan fingerprint density at radius 1 is 1.25 bits per heavy atom. The number of hydrogen-bond acceptors (Lipinski definition) is 3. The van der Waals surface area contributed by atoms with Crippen molar-refractivity contribution in [3.8, 4) is 11.3 Å². The molecular weight excluding hydrogens is 370 g/mol. The van der Waals surface area contributed by atoms with Gasteiger partial charge in [0, 0.05) is 4.47 Å². The highest BCUT2D eigenvalue weighted by Gasteiger charge is 2.24. The normalized spacial score (nSPS) is 13.0. The lowest BCUT2D eigenvalue weighted by Crippen LogP contribution is -2.37. The number of nitrogens with zero attached hydrogens (tertiary/aromatic N) is 1. The van der Waals surface area contributed by atoms with Crippen molar-refractivity contribution in [3.63, 3.8) is 0 Å². The van der Waals surface area contributed by atoms with E-state index in [0.29, 0.717) is 5.82 Å². The third kappa shape index (κ3) is 5.09. The molecule has 0 aliphatic rings. The number of halogens is 1. The van der Waals surface area contributed by atoms with E-state index < -0.39 is 11.7 Å². The summed E-state index contributed by atoms with van der Waals surface area (Å²) in [5.74, 6) is 0.884. The fourth-order valence-corrected chi connectivity index (χ4v) is 2.52. The number of ether oxygens (including phenoxy) is 1. The molecule has 0 bridgehead atoms. The molecule has 0 aliphatic heterocycles. The molecule has 1 atom stereocenters. The lowest BCUT2D eigenvalue weighted by molar-refractivity contribution is 0.0486. The summed E-state index contributed by atoms with van der Waals surface area (Å²) in [4.78, 5) is 19.8. The summed E-state index contributed by atoms with van der Waals surface area (Å²) in [6, 6.07) is 7.73. The van der Waals surface area contributed by atoms with Crippen molar-refractivity contribution >= 4 is 22.0 Å². The molecule has 6 heteroatoms. The molecule has 1 heterocycles. The third-order valence-corrected chi connectivity index (χ3v) is 3.91. The van der Waals surface area contributed by atoms with E-state index in [-0.39, 0.29) is 12.0 Å². The molecule has 1 aromatic carbocycles. The van der Waals surface area contributed by atoms with Crippen LogP contribution in [0.1, 0.15) is 46.5 Å². The number of aromatic amines is 1. The van der Waals surface area contributed by atoms with Crippen LogP contribution < -0.4 is 5.32 Å². The minimum atomic E-state index is -0.530. The van der Waals surface area contributed by atoms with E-state index in [0.717, 1.165) is 15.7 Å². The number of rotatable bonds is 4. The molecule has 2 N–H and O–H groups in total. The van der Waals surface area contributed by atoms with E-state index in [9.17, 15) is 4.79 Å². The molecule has 0 unspecified atom stereocenters. The molecular formula is C18H24BrN3O2. The molecule has 0 radical (unpaired) electrons. The van der Waals surface area contributed by atoms with Gasteiger partial charge in [-0.25, -0.2) is 9.78 Å². The van der Waals surface area contributed by atoms with Crippen LogP contribution in [0, 0.1) is 5.92 Å². The van der Waals surface area contributed by atoms with Crippen molar-refractivity contribution in [2.24, 2.45) is 5.92 Å². The Morgan fingerprint density at radius 3 is 2.42 bits per heavy atom. The maximum absolute atomic E-state index is 12.1. The monoisotopic (exact) mass is 393 g/mol. The second-order valence-electron chi connectivity index (χ2n) is 7.06. The number of alkyl carbamates (subject to hydrolysis) is 1. The van der Waals surface area contributed by atoms with Gasteiger partial charge in [0.2, 0.25) is 0 Å². The number of amides is 1. The molecule has 0 aliphatic carbocycles. The minimum absolute atomic E-state index is 0.168. The summed E-state index contributed by atoms with van der Waals surface area (Å²) >= 11 is 3.43. The molecule has 0 spiro atoms. The Kier molecular flexibility index (Phi) is 5.70. The van der Waals surface area contributed by atoms with Gasteiger partial charge in [0.25, 0.3) is 0 Å². The van der Waals surface area contributed by atoms with Crippen molar-refractivity contribution in [2.45, 2.75) is 46.3 Å². The van der Waals surface area contributed by atoms with Crippen LogP contribution in [0.25, 0.3) is 11.3 Å². The second kappa shape index (κ2) is 7.38. The van der Waals surface area contributed by atoms with Gasteiger partial charge in [0.05, 0.1) is 17.9 Å². The Morgan fingerprint density at radius 2 is 1.88 bits per heavy atom. The van der Waals surface area contributed by atoms with Crippen LogP contribution in [0.15, 0.2) is 34.9 Å². The standard InChI is InChI=1S/C18H24BrN3O2/c1-11(2)15(22-17(23)24-18(3,4)5)16-20-10-14(21-16)12-6-8-13(19)9-7-12/h6-11,15H,1-5H3,(H,20,21)(H,22,23)/t15-/m1/s1. The van der Waals surface area contributed by atoms with Gasteiger partial charge in [-0.1, -0.05) is 41.9 Å². The lowest BCUT2D eigenvalue weighted by atomic mass is 10.0. The highest BCUT2D eigenvalue weighted by Crippen LogP contribution is 2.25. The van der Waals surface area contributed by atoms with Crippen LogP contribution >= 0.6 is 15.9 Å². The molecule has 130 valence electrons. The molecule has 2 rings (SSSR count). The van der Waals surface area contributed by atoms with Crippen LogP contribution in [-0.2, 0) is 4.74 Å². The first-order valence-corrected chi connectivity index (χ1v) is 8.75. The predicted octanol–water partition coefficient (Wildman–Crippen LogP) is 5.06. The van der Waals surface area contributed by atoms with E-state index in [1.807, 2.05) is 58.9 Å². The predicted molar refractivity (Wildman–Crippen MR) is 98.7 cm³/mol. The summed E-state index contributed by atoms with van der Waals surface area (Å²) < 4.78 is 6.37. The molecule has 24 heavy (non-hydrogen) atoms. The number of imidazole rings is 1. The van der Waals surface area contributed by atoms with Crippen molar-refractivity contribution in [1.29, 1.82) is 0 Å². The zero-order chi connectivity index (χ0) is 17.9. The minimum Gasteiger partial charge on any atom is -0.444 e. The van der Waals surface area contributed by atoms with E-state index in [2.05, 4.69) is 31.2 Å². The van der Waals surface area contributed by atoms with E-state index in [1.54, 1.807) is 6.20 Å². The van der Waals surface area contributed by atoms with Crippen LogP contribution in [0.5, 0.6) is 0 Å². The third-order valence-electron chi connectivity index (χ3n) is 3.38. The Hall–Kier alpha value is -1.82. The second-order valence-corrected chi connectivity index (χ2v) is 7.97. The van der Waals surface area contributed by atoms with Gasteiger partial charge >= 0.3 is 6.09 Å². The van der Waals surface area contributed by atoms with E-state index in [1.165, 1.54) is 0 Å². The van der Waals surface area contributed by atoms with Crippen molar-refractivity contribution in [3.05, 3.63) is 40.8 Å². The SMILES string of the molecule is CC(C)[C@@H](NC(=O)OC(C)(C)C)c1ncc(-c2ccc(Br)cc2)[nH]1. The van der Waals surface area contributed by atoms with Gasteiger partial charge in [0.15, 0.2) is 0 Å². The Bertz CT molecular complexity index is 687. The Balaban J connectivity index is 2.17. The number of carbonyl (C=O) groups is 1. The number of nitrogens with one attached hydrogen (secondary N) is 2. The van der Waals surface area contributed by atoms with Crippen LogP contribution in [-0.4, -0.2) is 21.7 Å². The molecule has 0 saturated carbocycles. The van der Waals surface area contributed by atoms with Gasteiger partial charge < -0.3 is 15.0 Å². The quantitative estimate of drug-likeness (QED) is 0.762. The first-order valence-electron chi connectivity index (χ1n) is 7.96. The maximum Gasteiger partial charge on any atom is 0.408 e. The van der Waals surface area contributed by atoms with Crippen LogP contribution in [0.4, 0.5) is 4.79 Å². The smallest absolute Gasteiger partial charge is 0.408 e. The number of carbonyl (C=O) groups excluding carboxylic acids is 1. The highest BCUT2D eigenvalue weighted by molar-refractivity contribution is 9.10. The molecule has 1 aromatic heterocycles. The molecule has 5 nitrogen and oxygen atoms in total. The highest BCUT2D eigenvalue weighted by atomic mass is 79.9. The summed E-state index contributed by atoms with van der Waals surface area (Å²) in [5.41, 5.74) is 1.42. The largest absolute Gasteiger partial charge is 0.444 e. The zero-order valence-electron chi connectivity index (χ0n) is 14.7. The average Bonchev–Trinajstić information content (AvgIpc) is 2.92. The first kappa shape index (κ1) is 18.5. The summed E-state index contributed by atoms with van der Waals surface area (Å²) in [6.07, 6.45) is 1.34. The topological polar surface area (TPSA) is 67.0 Å². The maximum atomic E-state index is 12.1. The van der Waals surface area contributed by atoms with Gasteiger partial charge in [-0.2, -0.15) is 0 Å². The van der Waals surface area contributed by atoms with Crippen molar-refractivity contribution in [1.82, 2.24) is 15.3 Å². The zero-order valence-corrected chi connectivity index (χ0v) is 16.3. The average molecular weight is 394 g/mol. The van der Waals surface area contributed by atoms with Crippen molar-refractivity contribution < 1.29 is 9.53 Å². The fourth-order valence-electron chi connectivity index (χ4n) is 2.26. The molecule has 0 saturated heterocycles. The van der Waals surface area contributed by atoms with E-state index in [4.69, 9.17) is 4.74 Å². The van der Waals surface area contributed by atoms with Gasteiger partial charge in [-0.05, 0) is 44.4 Å². The number of H-pyrrole nitrogens is 1. The lowest BCUT2D eigenvalue weighted by Gasteiger charge is -2.24. The Labute approximate surface area is 151 Å². The number of aromatic nitrogens is 2. The number of benzene rings is 1. The van der Waals surface area contributed by atoms with Crippen LogP contribution in [0.2, 0.25) is 0 Å².